The van der Waals surface area contributed by atoms with Crippen LogP contribution in [0.5, 0.6) is 0 Å². The minimum absolute atomic E-state index is 0.00322. The van der Waals surface area contributed by atoms with Gasteiger partial charge in [0.2, 0.25) is 0 Å². The molecule has 3 rings (SSSR count). The number of hydrogen-bond acceptors (Lipinski definition) is 0. The lowest BCUT2D eigenvalue weighted by atomic mass is 10.1. The summed E-state index contributed by atoms with van der Waals surface area (Å²) in [7, 11) is 0. The van der Waals surface area contributed by atoms with Gasteiger partial charge in [0.15, 0.2) is 0 Å². The predicted octanol–water partition coefficient (Wildman–Crippen LogP) is 7.17. The van der Waals surface area contributed by atoms with Gasteiger partial charge in [-0.15, -0.1) is 0 Å². The number of benzene rings is 3. The Morgan fingerprint density at radius 2 is 1.14 bits per heavy atom. The van der Waals surface area contributed by atoms with Gasteiger partial charge >= 0.3 is 0 Å². The van der Waals surface area contributed by atoms with Gasteiger partial charge in [-0.3, -0.25) is 0 Å². The Hall–Kier alpha value is -0.650. The van der Waals surface area contributed by atoms with Gasteiger partial charge in [-0.1, -0.05) is 74.3 Å². The number of hydrogen-bond donors (Lipinski definition) is 0. The highest BCUT2D eigenvalue weighted by Crippen LogP contribution is 2.20. The van der Waals surface area contributed by atoms with Crippen LogP contribution in [0.4, 0.5) is 0 Å². The molecule has 0 nitrogen and oxygen atoms in total. The van der Waals surface area contributed by atoms with Crippen LogP contribution in [0.2, 0.25) is 0 Å². The highest BCUT2D eigenvalue weighted by Gasteiger charge is 1.94. The van der Waals surface area contributed by atoms with Crippen molar-refractivity contribution >= 4 is 54.5 Å². The van der Waals surface area contributed by atoms with Crippen LogP contribution in [0.15, 0.2) is 87.6 Å². The summed E-state index contributed by atoms with van der Waals surface area (Å²) in [6.45, 7) is 0. The molecule has 0 unspecified atom stereocenters. The summed E-state index contributed by atoms with van der Waals surface area (Å²) < 4.78 is 61.6. The first-order valence-electron chi connectivity index (χ1n) is 9.73. The summed E-state index contributed by atoms with van der Waals surface area (Å²) in [4.78, 5) is 0. The molecule has 0 radical (unpaired) electrons. The molecule has 0 aliphatic heterocycles. The summed E-state index contributed by atoms with van der Waals surface area (Å²) in [5.41, 5.74) is 1.03. The second-order valence-corrected chi connectivity index (χ2v) is 6.35. The average Bonchev–Trinajstić information content (AvgIpc) is 2.73. The van der Waals surface area contributed by atoms with E-state index in [9.17, 15) is 0 Å². The van der Waals surface area contributed by atoms with Crippen LogP contribution < -0.4 is 0 Å². The maximum Gasteiger partial charge on any atom is 0.0635 e. The largest absolute Gasteiger partial charge is 0.0635 e. The molecule has 0 saturated carbocycles. The van der Waals surface area contributed by atoms with Crippen molar-refractivity contribution in [3.05, 3.63) is 91.2 Å². The highest BCUT2D eigenvalue weighted by atomic mass is 127. The molecule has 0 saturated heterocycles. The second-order valence-electron chi connectivity index (χ2n) is 3.68. The molecule has 0 fully saturated rings. The number of halogens is 3. The molecule has 0 N–H and O–H groups in total. The van der Waals surface area contributed by atoms with Crippen molar-refractivity contribution in [3.8, 4) is 11.1 Å². The Bertz CT molecular complexity index is 940. The van der Waals surface area contributed by atoms with Crippen molar-refractivity contribution in [3.63, 3.8) is 0 Å². The highest BCUT2D eigenvalue weighted by molar-refractivity contribution is 14.1. The minimum Gasteiger partial charge on any atom is -0.0622 e. The molecule has 0 aliphatic carbocycles. The van der Waals surface area contributed by atoms with Crippen LogP contribution in [-0.2, 0) is 0 Å². The maximum absolute atomic E-state index is 7.89. The molecule has 0 aromatic heterocycles. The Morgan fingerprint density at radius 1 is 0.667 bits per heavy atom. The SMILES string of the molecule is [2H]c1c([2H])c(-c2ccccc2)c([2H])c([2H])c1Br.[2H]c1c([2H])c(I)c([2H])c([2H])c1Br. The first kappa shape index (κ1) is 8.85. The van der Waals surface area contributed by atoms with E-state index in [4.69, 9.17) is 11.0 Å². The molecule has 3 heteroatoms. The monoisotopic (exact) mass is 522 g/mol. The molecule has 21 heavy (non-hydrogen) atoms. The predicted molar refractivity (Wildman–Crippen MR) is 106 cm³/mol. The summed E-state index contributed by atoms with van der Waals surface area (Å²) in [5.74, 6) is 0. The molecule has 0 heterocycles. The van der Waals surface area contributed by atoms with Crippen molar-refractivity contribution < 1.29 is 11.0 Å². The maximum atomic E-state index is 7.89. The van der Waals surface area contributed by atoms with Crippen LogP contribution in [0.3, 0.4) is 0 Å². The zero-order valence-electron chi connectivity index (χ0n) is 18.5. The molecule has 0 spiro atoms. The van der Waals surface area contributed by atoms with Crippen LogP contribution in [0.1, 0.15) is 11.0 Å². The van der Waals surface area contributed by atoms with Gasteiger partial charge in [-0.2, -0.15) is 0 Å². The lowest BCUT2D eigenvalue weighted by Gasteiger charge is -2.00. The summed E-state index contributed by atoms with van der Waals surface area (Å²) >= 11 is 7.87. The Kier molecular flexibility index (Phi) is 3.67. The van der Waals surface area contributed by atoms with Crippen molar-refractivity contribution in [2.75, 3.05) is 0 Å². The third kappa shape index (κ3) is 5.93. The van der Waals surface area contributed by atoms with E-state index in [0.717, 1.165) is 0 Å². The van der Waals surface area contributed by atoms with Crippen molar-refractivity contribution in [1.82, 2.24) is 0 Å². The van der Waals surface area contributed by atoms with Crippen molar-refractivity contribution in [2.45, 2.75) is 0 Å². The van der Waals surface area contributed by atoms with Gasteiger partial charge in [-0.25, -0.2) is 0 Å². The Balaban J connectivity index is 0.000000221. The second kappa shape index (κ2) is 8.71. The summed E-state index contributed by atoms with van der Waals surface area (Å²) in [5, 5.41) is 0. The fraction of sp³-hybridized carbons (Fsp3) is 0. The molecule has 0 atom stereocenters. The minimum atomic E-state index is -0.0511. The van der Waals surface area contributed by atoms with Crippen LogP contribution >= 0.6 is 54.5 Å². The van der Waals surface area contributed by atoms with E-state index in [1.54, 1.807) is 34.7 Å². The van der Waals surface area contributed by atoms with Gasteiger partial charge in [-0.05, 0) is 70.0 Å². The Labute approximate surface area is 167 Å². The van der Waals surface area contributed by atoms with Gasteiger partial charge in [0.25, 0.3) is 0 Å². The van der Waals surface area contributed by atoms with Crippen LogP contribution in [-0.4, -0.2) is 0 Å². The normalized spacial score (nSPS) is 15.0. The molecule has 0 amide bonds. The third-order valence-corrected chi connectivity index (χ3v) is 3.55. The number of rotatable bonds is 1. The first-order valence-corrected chi connectivity index (χ1v) is 8.39. The van der Waals surface area contributed by atoms with E-state index in [2.05, 4.69) is 31.9 Å². The fourth-order valence-electron chi connectivity index (χ4n) is 1.33. The lowest BCUT2D eigenvalue weighted by Crippen LogP contribution is -1.75. The lowest BCUT2D eigenvalue weighted by molar-refractivity contribution is 1.59. The van der Waals surface area contributed by atoms with Crippen LogP contribution in [0.25, 0.3) is 11.1 Å². The molecule has 3 aromatic rings. The third-order valence-electron chi connectivity index (χ3n) is 2.22. The van der Waals surface area contributed by atoms with E-state index >= 15 is 0 Å². The van der Waals surface area contributed by atoms with Gasteiger partial charge in [0, 0.05) is 12.5 Å². The van der Waals surface area contributed by atoms with Crippen molar-refractivity contribution in [1.29, 1.82) is 0 Å². The molecule has 0 bridgehead atoms. The van der Waals surface area contributed by atoms with Gasteiger partial charge in [0.05, 0.1) is 11.0 Å². The van der Waals surface area contributed by atoms with E-state index in [1.165, 1.54) is 0 Å². The van der Waals surface area contributed by atoms with E-state index in [-0.39, 0.29) is 57.3 Å². The smallest absolute Gasteiger partial charge is 0.0622 e. The van der Waals surface area contributed by atoms with E-state index in [0.29, 0.717) is 14.7 Å². The zero-order chi connectivity index (χ0) is 22.0. The standard InChI is InChI=1S/C12H9Br.C6H4BrI/c13-12-8-6-11(7-9-12)10-4-2-1-3-5-10;7-5-1-3-6(8)4-2-5/h1-9H;1-4H/i6D,7D,8D,9D;1D,2D,3D,4D. The molecular formula is C18H13Br2I. The van der Waals surface area contributed by atoms with E-state index in [1.807, 2.05) is 18.2 Å². The van der Waals surface area contributed by atoms with Gasteiger partial charge < -0.3 is 0 Å². The molecular weight excluding hydrogens is 503 g/mol. The quantitative estimate of drug-likeness (QED) is 0.297. The van der Waals surface area contributed by atoms with E-state index < -0.39 is 0 Å². The van der Waals surface area contributed by atoms with Crippen LogP contribution in [0, 0.1) is 3.57 Å². The summed E-state index contributed by atoms with van der Waals surface area (Å²) in [6, 6.07) is 8.82. The average molecular weight is 524 g/mol. The Morgan fingerprint density at radius 3 is 1.67 bits per heavy atom. The summed E-state index contributed by atoms with van der Waals surface area (Å²) in [6.07, 6.45) is 0. The topological polar surface area (TPSA) is 0 Å². The fourth-order valence-corrected chi connectivity index (χ4v) is 1.99. The van der Waals surface area contributed by atoms with Gasteiger partial charge in [0.1, 0.15) is 0 Å². The molecule has 0 aliphatic rings. The molecule has 3 aromatic carbocycles. The first-order chi connectivity index (χ1) is 13.5. The van der Waals surface area contributed by atoms with Crippen molar-refractivity contribution in [2.24, 2.45) is 0 Å². The zero-order valence-corrected chi connectivity index (χ0v) is 15.9. The molecule has 106 valence electrons.